The van der Waals surface area contributed by atoms with Gasteiger partial charge >= 0.3 is 0 Å². The number of rotatable bonds is 11. The lowest BCUT2D eigenvalue weighted by atomic mass is 10.1. The monoisotopic (exact) mass is 368 g/mol. The predicted molar refractivity (Wildman–Crippen MR) is 113 cm³/mol. The summed E-state index contributed by atoms with van der Waals surface area (Å²) in [6.45, 7) is 7.88. The first-order chi connectivity index (χ1) is 13.2. The summed E-state index contributed by atoms with van der Waals surface area (Å²) in [5.74, 6) is 0.926. The topological polar surface area (TPSA) is 32.8 Å². The Kier molecular flexibility index (Phi) is 8.85. The SMILES string of the molecule is CCC(=O)N(CCCN(CC)CCc1ccccc1)c1cccc(OC)c1. The van der Waals surface area contributed by atoms with Gasteiger partial charge in [0.25, 0.3) is 0 Å². The van der Waals surface area contributed by atoms with Crippen molar-refractivity contribution in [3.8, 4) is 5.75 Å². The maximum atomic E-state index is 12.4. The molecule has 2 aromatic carbocycles. The fraction of sp³-hybridized carbons (Fsp3) is 0.435. The number of hydrogen-bond acceptors (Lipinski definition) is 3. The van der Waals surface area contributed by atoms with Crippen molar-refractivity contribution in [2.75, 3.05) is 38.2 Å². The smallest absolute Gasteiger partial charge is 0.226 e. The Morgan fingerprint density at radius 2 is 1.74 bits per heavy atom. The lowest BCUT2D eigenvalue weighted by Crippen LogP contribution is -2.34. The second kappa shape index (κ2) is 11.4. The molecule has 0 aromatic heterocycles. The van der Waals surface area contributed by atoms with Crippen LogP contribution in [-0.4, -0.2) is 44.1 Å². The molecule has 0 radical (unpaired) electrons. The quantitative estimate of drug-likeness (QED) is 0.590. The summed E-state index contributed by atoms with van der Waals surface area (Å²) in [6.07, 6.45) is 2.51. The number of ether oxygens (including phenoxy) is 1. The van der Waals surface area contributed by atoms with Crippen LogP contribution in [0.5, 0.6) is 5.75 Å². The van der Waals surface area contributed by atoms with E-state index in [2.05, 4.69) is 42.2 Å². The van der Waals surface area contributed by atoms with Gasteiger partial charge in [-0.3, -0.25) is 4.79 Å². The molecule has 1 amide bonds. The number of likely N-dealkylation sites (N-methyl/N-ethyl adjacent to an activating group) is 1. The summed E-state index contributed by atoms with van der Waals surface area (Å²) < 4.78 is 5.31. The molecule has 0 atom stereocenters. The van der Waals surface area contributed by atoms with E-state index in [-0.39, 0.29) is 5.91 Å². The molecule has 0 N–H and O–H groups in total. The second-order valence-electron chi connectivity index (χ2n) is 6.62. The highest BCUT2D eigenvalue weighted by molar-refractivity contribution is 5.93. The predicted octanol–water partition coefficient (Wildman–Crippen LogP) is 4.39. The van der Waals surface area contributed by atoms with Gasteiger partial charge < -0.3 is 14.5 Å². The number of benzene rings is 2. The van der Waals surface area contributed by atoms with Gasteiger partial charge in [-0.25, -0.2) is 0 Å². The number of carbonyl (C=O) groups excluding carboxylic acids is 1. The molecule has 4 nitrogen and oxygen atoms in total. The van der Waals surface area contributed by atoms with Gasteiger partial charge in [0.2, 0.25) is 5.91 Å². The zero-order valence-corrected chi connectivity index (χ0v) is 16.9. The van der Waals surface area contributed by atoms with Crippen molar-refractivity contribution in [3.05, 3.63) is 60.2 Å². The number of amides is 1. The second-order valence-corrected chi connectivity index (χ2v) is 6.62. The number of carbonyl (C=O) groups is 1. The zero-order valence-electron chi connectivity index (χ0n) is 16.9. The first-order valence-corrected chi connectivity index (χ1v) is 9.88. The summed E-state index contributed by atoms with van der Waals surface area (Å²) in [7, 11) is 1.65. The summed E-state index contributed by atoms with van der Waals surface area (Å²) in [6, 6.07) is 18.3. The van der Waals surface area contributed by atoms with E-state index in [1.165, 1.54) is 5.56 Å². The minimum Gasteiger partial charge on any atom is -0.497 e. The summed E-state index contributed by atoms with van der Waals surface area (Å²) in [5, 5.41) is 0. The van der Waals surface area contributed by atoms with E-state index in [9.17, 15) is 4.79 Å². The van der Waals surface area contributed by atoms with Crippen molar-refractivity contribution < 1.29 is 9.53 Å². The molecule has 0 unspecified atom stereocenters. The maximum absolute atomic E-state index is 12.4. The van der Waals surface area contributed by atoms with E-state index in [0.29, 0.717) is 6.42 Å². The molecule has 0 spiro atoms. The molecule has 0 saturated carbocycles. The van der Waals surface area contributed by atoms with Gasteiger partial charge in [-0.1, -0.05) is 50.2 Å². The highest BCUT2D eigenvalue weighted by Gasteiger charge is 2.15. The molecule has 0 saturated heterocycles. The fourth-order valence-corrected chi connectivity index (χ4v) is 3.18. The highest BCUT2D eigenvalue weighted by atomic mass is 16.5. The van der Waals surface area contributed by atoms with Crippen molar-refractivity contribution >= 4 is 11.6 Å². The van der Waals surface area contributed by atoms with Gasteiger partial charge in [0.1, 0.15) is 5.75 Å². The molecule has 4 heteroatoms. The Bertz CT molecular complexity index is 688. The van der Waals surface area contributed by atoms with Crippen molar-refractivity contribution in [1.82, 2.24) is 4.90 Å². The highest BCUT2D eigenvalue weighted by Crippen LogP contribution is 2.22. The van der Waals surface area contributed by atoms with E-state index < -0.39 is 0 Å². The molecular formula is C23H32N2O2. The van der Waals surface area contributed by atoms with Crippen LogP contribution in [-0.2, 0) is 11.2 Å². The average Bonchev–Trinajstić information content (AvgIpc) is 2.73. The van der Waals surface area contributed by atoms with Crippen LogP contribution in [0.3, 0.4) is 0 Å². The molecule has 0 aliphatic carbocycles. The lowest BCUT2D eigenvalue weighted by molar-refractivity contribution is -0.118. The molecule has 2 rings (SSSR count). The van der Waals surface area contributed by atoms with Crippen molar-refractivity contribution in [2.45, 2.75) is 33.1 Å². The van der Waals surface area contributed by atoms with Gasteiger partial charge in [-0.2, -0.15) is 0 Å². The van der Waals surface area contributed by atoms with Gasteiger partial charge in [-0.15, -0.1) is 0 Å². The zero-order chi connectivity index (χ0) is 19.5. The molecule has 0 heterocycles. The Hall–Kier alpha value is -2.33. The molecule has 2 aromatic rings. The van der Waals surface area contributed by atoms with Crippen molar-refractivity contribution in [2.24, 2.45) is 0 Å². The van der Waals surface area contributed by atoms with Gasteiger partial charge in [0.15, 0.2) is 0 Å². The van der Waals surface area contributed by atoms with E-state index >= 15 is 0 Å². The lowest BCUT2D eigenvalue weighted by Gasteiger charge is -2.25. The van der Waals surface area contributed by atoms with Crippen LogP contribution in [0.1, 0.15) is 32.3 Å². The number of hydrogen-bond donors (Lipinski definition) is 0. The van der Waals surface area contributed by atoms with Gasteiger partial charge in [-0.05, 0) is 43.6 Å². The Morgan fingerprint density at radius 3 is 2.41 bits per heavy atom. The Labute approximate surface area is 163 Å². The molecule has 0 bridgehead atoms. The summed E-state index contributed by atoms with van der Waals surface area (Å²) >= 11 is 0. The van der Waals surface area contributed by atoms with Crippen LogP contribution in [0, 0.1) is 0 Å². The average molecular weight is 369 g/mol. The minimum absolute atomic E-state index is 0.149. The molecule has 0 aliphatic heterocycles. The first kappa shape index (κ1) is 21.0. The van der Waals surface area contributed by atoms with Crippen LogP contribution in [0.4, 0.5) is 5.69 Å². The normalized spacial score (nSPS) is 10.8. The maximum Gasteiger partial charge on any atom is 0.226 e. The molecule has 0 fully saturated rings. The summed E-state index contributed by atoms with van der Waals surface area (Å²) in [4.78, 5) is 16.8. The number of nitrogens with zero attached hydrogens (tertiary/aromatic N) is 2. The van der Waals surface area contributed by atoms with Gasteiger partial charge in [0.05, 0.1) is 7.11 Å². The van der Waals surface area contributed by atoms with Crippen LogP contribution < -0.4 is 9.64 Å². The third-order valence-electron chi connectivity index (χ3n) is 4.83. The molecular weight excluding hydrogens is 336 g/mol. The third-order valence-corrected chi connectivity index (χ3v) is 4.83. The van der Waals surface area contributed by atoms with Crippen LogP contribution in [0.15, 0.2) is 54.6 Å². The largest absolute Gasteiger partial charge is 0.497 e. The van der Waals surface area contributed by atoms with Crippen molar-refractivity contribution in [1.29, 1.82) is 0 Å². The fourth-order valence-electron chi connectivity index (χ4n) is 3.18. The van der Waals surface area contributed by atoms with Crippen LogP contribution >= 0.6 is 0 Å². The summed E-state index contributed by atoms with van der Waals surface area (Å²) in [5.41, 5.74) is 2.28. The minimum atomic E-state index is 0.149. The molecule has 27 heavy (non-hydrogen) atoms. The first-order valence-electron chi connectivity index (χ1n) is 9.88. The van der Waals surface area contributed by atoms with E-state index in [0.717, 1.165) is 50.5 Å². The van der Waals surface area contributed by atoms with E-state index in [4.69, 9.17) is 4.74 Å². The number of methoxy groups -OCH3 is 1. The van der Waals surface area contributed by atoms with Crippen LogP contribution in [0.2, 0.25) is 0 Å². The number of anilines is 1. The molecule has 146 valence electrons. The Balaban J connectivity index is 1.90. The van der Waals surface area contributed by atoms with Crippen LogP contribution in [0.25, 0.3) is 0 Å². The Morgan fingerprint density at radius 1 is 0.963 bits per heavy atom. The third kappa shape index (κ3) is 6.72. The van der Waals surface area contributed by atoms with Gasteiger partial charge in [0, 0.05) is 31.3 Å². The van der Waals surface area contributed by atoms with Crippen molar-refractivity contribution in [3.63, 3.8) is 0 Å². The molecule has 0 aliphatic rings. The van der Waals surface area contributed by atoms with E-state index in [1.54, 1.807) is 7.11 Å². The standard InChI is InChI=1S/C23H32N2O2/c1-4-23(26)25(21-13-9-14-22(19-21)27-3)17-10-16-24(5-2)18-15-20-11-7-6-8-12-20/h6-9,11-14,19H,4-5,10,15-18H2,1-3H3. The van der Waals surface area contributed by atoms with E-state index in [1.807, 2.05) is 36.1 Å².